The van der Waals surface area contributed by atoms with Gasteiger partial charge in [0.15, 0.2) is 5.96 Å². The molecule has 2 aromatic carbocycles. The first-order valence-corrected chi connectivity index (χ1v) is 11.3. The highest BCUT2D eigenvalue weighted by Crippen LogP contribution is 2.22. The van der Waals surface area contributed by atoms with Crippen molar-refractivity contribution in [1.29, 1.82) is 0 Å². The van der Waals surface area contributed by atoms with Gasteiger partial charge in [-0.15, -0.1) is 24.0 Å². The van der Waals surface area contributed by atoms with Gasteiger partial charge in [-0.3, -0.25) is 4.99 Å². The fraction of sp³-hybridized carbons (Fsp3) is 0.381. The number of aliphatic imine (C=N–C) groups is 1. The molecule has 3 rings (SSSR count). The number of nitrogens with one attached hydrogen (secondary N) is 3. The summed E-state index contributed by atoms with van der Waals surface area (Å²) in [6.45, 7) is 2.83. The molecule has 1 fully saturated rings. The molecule has 0 bridgehead atoms. The Bertz CT molecular complexity index is 982. The number of nitrogens with zero attached hydrogens (tertiary/aromatic N) is 1. The van der Waals surface area contributed by atoms with E-state index in [1.54, 1.807) is 43.4 Å². The Morgan fingerprint density at radius 2 is 1.90 bits per heavy atom. The lowest BCUT2D eigenvalue weighted by atomic mass is 10.2. The first kappa shape index (κ1) is 25.3. The summed E-state index contributed by atoms with van der Waals surface area (Å²) in [6.07, 6.45) is 1.60. The van der Waals surface area contributed by atoms with Crippen molar-refractivity contribution in [1.82, 2.24) is 15.4 Å². The molecule has 2 aromatic rings. The summed E-state index contributed by atoms with van der Waals surface area (Å²) in [4.78, 5) is 4.43. The highest BCUT2D eigenvalue weighted by Gasteiger charge is 2.27. The van der Waals surface area contributed by atoms with E-state index in [4.69, 9.17) is 4.74 Å². The summed E-state index contributed by atoms with van der Waals surface area (Å²) in [5, 5.41) is 6.33. The van der Waals surface area contributed by atoms with Crippen molar-refractivity contribution < 1.29 is 17.5 Å². The molecule has 1 saturated carbocycles. The summed E-state index contributed by atoms with van der Waals surface area (Å²) < 4.78 is 46.0. The van der Waals surface area contributed by atoms with Gasteiger partial charge in [-0.25, -0.2) is 17.5 Å². The van der Waals surface area contributed by atoms with Crippen LogP contribution in [0.1, 0.15) is 25.3 Å². The quantitative estimate of drug-likeness (QED) is 0.249. The van der Waals surface area contributed by atoms with Crippen LogP contribution >= 0.6 is 24.0 Å². The van der Waals surface area contributed by atoms with Crippen LogP contribution in [0.4, 0.5) is 4.39 Å². The number of benzene rings is 2. The van der Waals surface area contributed by atoms with E-state index in [2.05, 4.69) is 20.3 Å². The zero-order valence-corrected chi connectivity index (χ0v) is 20.6. The molecule has 1 aliphatic carbocycles. The van der Waals surface area contributed by atoms with E-state index in [9.17, 15) is 12.8 Å². The maximum absolute atomic E-state index is 13.2. The molecule has 7 nitrogen and oxygen atoms in total. The molecule has 170 valence electrons. The van der Waals surface area contributed by atoms with Gasteiger partial charge in [0.1, 0.15) is 17.7 Å². The average Bonchev–Trinajstić information content (AvgIpc) is 3.52. The van der Waals surface area contributed by atoms with Crippen LogP contribution in [-0.4, -0.2) is 40.1 Å². The third-order valence-electron chi connectivity index (χ3n) is 4.51. The number of halogens is 2. The Morgan fingerprint density at radius 3 is 2.52 bits per heavy atom. The van der Waals surface area contributed by atoms with E-state index in [-0.39, 0.29) is 46.8 Å². The number of guanidine groups is 1. The molecule has 10 heteroatoms. The minimum atomic E-state index is -3.44. The van der Waals surface area contributed by atoms with Crippen molar-refractivity contribution in [2.45, 2.75) is 43.4 Å². The highest BCUT2D eigenvalue weighted by atomic mass is 127. The summed E-state index contributed by atoms with van der Waals surface area (Å²) in [5.41, 5.74) is 0.924. The van der Waals surface area contributed by atoms with Crippen molar-refractivity contribution in [3.05, 3.63) is 59.9 Å². The lowest BCUT2D eigenvalue weighted by Crippen LogP contribution is -2.41. The standard InChI is InChI=1S/C21H27FN4O3S.HI/c1-15(29-19-5-3-4-17(22)12-19)13-24-21(23-2)25-14-16-6-10-20(11-7-16)30(27,28)26-18-8-9-18;/h3-7,10-12,15,18,26H,8-9,13-14H2,1-2H3,(H2,23,24,25);1H. The van der Waals surface area contributed by atoms with Gasteiger partial charge in [0.05, 0.1) is 11.4 Å². The van der Waals surface area contributed by atoms with E-state index >= 15 is 0 Å². The molecule has 0 spiro atoms. The molecule has 1 aliphatic rings. The zero-order valence-electron chi connectivity index (χ0n) is 17.5. The number of hydrogen-bond acceptors (Lipinski definition) is 4. The first-order chi connectivity index (χ1) is 14.4. The van der Waals surface area contributed by atoms with E-state index in [1.807, 2.05) is 6.92 Å². The SMILES string of the molecule is CN=C(NCc1ccc(S(=O)(=O)NC2CC2)cc1)NCC(C)Oc1cccc(F)c1.I. The second kappa shape index (κ2) is 11.6. The van der Waals surface area contributed by atoms with Crippen LogP contribution in [0.5, 0.6) is 5.75 Å². The predicted octanol–water partition coefficient (Wildman–Crippen LogP) is 3.02. The third-order valence-corrected chi connectivity index (χ3v) is 6.04. The van der Waals surface area contributed by atoms with E-state index in [0.29, 0.717) is 24.8 Å². The molecule has 1 atom stereocenters. The monoisotopic (exact) mass is 562 g/mol. The van der Waals surface area contributed by atoms with Crippen molar-refractivity contribution in [3.8, 4) is 5.75 Å². The minimum Gasteiger partial charge on any atom is -0.489 e. The number of sulfonamides is 1. The number of ether oxygens (including phenoxy) is 1. The molecule has 0 amide bonds. The fourth-order valence-electron chi connectivity index (χ4n) is 2.74. The summed E-state index contributed by atoms with van der Waals surface area (Å²) >= 11 is 0. The zero-order chi connectivity index (χ0) is 21.6. The average molecular weight is 562 g/mol. The van der Waals surface area contributed by atoms with Gasteiger partial charge in [-0.05, 0) is 49.6 Å². The largest absolute Gasteiger partial charge is 0.489 e. The molecule has 31 heavy (non-hydrogen) atoms. The van der Waals surface area contributed by atoms with Gasteiger partial charge < -0.3 is 15.4 Å². The van der Waals surface area contributed by atoms with E-state index in [0.717, 1.165) is 18.4 Å². The smallest absolute Gasteiger partial charge is 0.240 e. The maximum Gasteiger partial charge on any atom is 0.240 e. The third kappa shape index (κ3) is 8.26. The summed E-state index contributed by atoms with van der Waals surface area (Å²) in [7, 11) is -1.78. The normalized spacial score (nSPS) is 15.0. The first-order valence-electron chi connectivity index (χ1n) is 9.84. The molecule has 0 saturated heterocycles. The van der Waals surface area contributed by atoms with Crippen molar-refractivity contribution in [3.63, 3.8) is 0 Å². The highest BCUT2D eigenvalue weighted by molar-refractivity contribution is 14.0. The van der Waals surface area contributed by atoms with Crippen LogP contribution in [-0.2, 0) is 16.6 Å². The number of rotatable bonds is 9. The van der Waals surface area contributed by atoms with Crippen LogP contribution in [0.25, 0.3) is 0 Å². The van der Waals surface area contributed by atoms with Gasteiger partial charge in [0.25, 0.3) is 0 Å². The van der Waals surface area contributed by atoms with Crippen LogP contribution in [0.2, 0.25) is 0 Å². The molecule has 0 radical (unpaired) electrons. The van der Waals surface area contributed by atoms with Crippen molar-refractivity contribution in [2.75, 3.05) is 13.6 Å². The van der Waals surface area contributed by atoms with Gasteiger partial charge in [-0.1, -0.05) is 18.2 Å². The Balaban J connectivity index is 0.00000341. The summed E-state index contributed by atoms with van der Waals surface area (Å²) in [6, 6.07) is 12.9. The Labute approximate surface area is 199 Å². The van der Waals surface area contributed by atoms with Gasteiger partial charge in [0, 0.05) is 25.7 Å². The van der Waals surface area contributed by atoms with E-state index < -0.39 is 10.0 Å². The van der Waals surface area contributed by atoms with Crippen molar-refractivity contribution in [2.24, 2.45) is 4.99 Å². The molecule has 3 N–H and O–H groups in total. The van der Waals surface area contributed by atoms with Gasteiger partial charge in [0.2, 0.25) is 10.0 Å². The van der Waals surface area contributed by atoms with E-state index in [1.165, 1.54) is 12.1 Å². The van der Waals surface area contributed by atoms with Gasteiger partial charge in [-0.2, -0.15) is 0 Å². The maximum atomic E-state index is 13.2. The van der Waals surface area contributed by atoms with Crippen LogP contribution < -0.4 is 20.1 Å². The summed E-state index contributed by atoms with van der Waals surface area (Å²) in [5.74, 6) is 0.711. The second-order valence-electron chi connectivity index (χ2n) is 7.23. The lowest BCUT2D eigenvalue weighted by Gasteiger charge is -2.18. The van der Waals surface area contributed by atoms with Crippen LogP contribution in [0.3, 0.4) is 0 Å². The molecular weight excluding hydrogens is 534 g/mol. The molecule has 1 unspecified atom stereocenters. The predicted molar refractivity (Wildman–Crippen MR) is 130 cm³/mol. The Hall–Kier alpha value is -1.92. The Kier molecular flexibility index (Phi) is 9.51. The van der Waals surface area contributed by atoms with Crippen LogP contribution in [0.15, 0.2) is 58.4 Å². The van der Waals surface area contributed by atoms with Gasteiger partial charge >= 0.3 is 0 Å². The second-order valence-corrected chi connectivity index (χ2v) is 8.95. The molecular formula is C21H28FIN4O3S. The fourth-order valence-corrected chi connectivity index (χ4v) is 4.04. The molecule has 0 aliphatic heterocycles. The lowest BCUT2D eigenvalue weighted by molar-refractivity contribution is 0.223. The number of hydrogen-bond donors (Lipinski definition) is 3. The minimum absolute atomic E-state index is 0. The Morgan fingerprint density at radius 1 is 1.19 bits per heavy atom. The van der Waals surface area contributed by atoms with Crippen LogP contribution in [0, 0.1) is 5.82 Å². The van der Waals surface area contributed by atoms with Crippen molar-refractivity contribution >= 4 is 40.0 Å². The molecule has 0 heterocycles. The topological polar surface area (TPSA) is 91.8 Å². The molecule has 0 aromatic heterocycles.